The Morgan fingerprint density at radius 3 is 1.65 bits per heavy atom. The van der Waals surface area contributed by atoms with Crippen LogP contribution in [0.3, 0.4) is 0 Å². The maximum Gasteiger partial charge on any atom is 0.299 e. The number of thiazole rings is 2. The smallest absolute Gasteiger partial charge is 0.299 e. The lowest BCUT2D eigenvalue weighted by atomic mass is 10.2. The first-order valence-electron chi connectivity index (χ1n) is 21.8. The molecule has 0 atom stereocenters. The molecule has 384 valence electrons. The number of hydrazine groups is 1. The zero-order valence-corrected chi connectivity index (χ0v) is 44.1. The number of azo groups is 1. The summed E-state index contributed by atoms with van der Waals surface area (Å²) in [6, 6.07) is 13.0. The van der Waals surface area contributed by atoms with Crippen LogP contribution in [0.4, 0.5) is 56.3 Å². The molecular weight excluding hydrogens is 1030 g/mol. The maximum absolute atomic E-state index is 12.4. The molecule has 0 fully saturated rings. The Bertz CT molecular complexity index is 3350. The van der Waals surface area contributed by atoms with Crippen molar-refractivity contribution in [3.8, 4) is 23.0 Å². The van der Waals surface area contributed by atoms with Crippen molar-refractivity contribution in [3.63, 3.8) is 0 Å². The third kappa shape index (κ3) is 11.7. The van der Waals surface area contributed by atoms with Crippen molar-refractivity contribution in [2.75, 3.05) is 98.3 Å². The summed E-state index contributed by atoms with van der Waals surface area (Å²) < 4.78 is 92.3. The van der Waals surface area contributed by atoms with Gasteiger partial charge in [0.15, 0.2) is 14.9 Å². The van der Waals surface area contributed by atoms with Crippen molar-refractivity contribution in [2.45, 2.75) is 42.6 Å². The van der Waals surface area contributed by atoms with Crippen molar-refractivity contribution >= 4 is 131 Å². The number of nitrogens with one attached hydrogen (secondary N) is 4. The van der Waals surface area contributed by atoms with Crippen molar-refractivity contribution < 1.29 is 50.0 Å². The molecular formula is C43H51N13O11S5. The van der Waals surface area contributed by atoms with Crippen LogP contribution in [0.2, 0.25) is 0 Å². The number of hydrogen-bond acceptors (Lipinski definition) is 25. The molecule has 0 aliphatic carbocycles. The lowest BCUT2D eigenvalue weighted by Gasteiger charge is -2.26. The van der Waals surface area contributed by atoms with Gasteiger partial charge in [-0.25, -0.2) is 9.97 Å². The first-order valence-corrected chi connectivity index (χ1v) is 27.3. The fourth-order valence-electron chi connectivity index (χ4n) is 7.39. The summed E-state index contributed by atoms with van der Waals surface area (Å²) in [5.41, 5.74) is 9.69. The Morgan fingerprint density at radius 2 is 1.12 bits per heavy atom. The highest BCUT2D eigenvalue weighted by molar-refractivity contribution is 7.99. The van der Waals surface area contributed by atoms with E-state index in [-0.39, 0.29) is 71.8 Å². The number of methoxy groups -OCH3 is 4. The van der Waals surface area contributed by atoms with Gasteiger partial charge in [0.05, 0.1) is 83.9 Å². The fraction of sp³-hybridized carbons (Fsp3) is 0.326. The van der Waals surface area contributed by atoms with E-state index in [1.54, 1.807) is 31.4 Å². The van der Waals surface area contributed by atoms with Gasteiger partial charge in [-0.2, -0.15) is 31.8 Å². The quantitative estimate of drug-likeness (QED) is 0.0129. The summed E-state index contributed by atoms with van der Waals surface area (Å²) in [6.45, 7) is 10.4. The molecule has 0 bridgehead atoms. The van der Waals surface area contributed by atoms with E-state index >= 15 is 0 Å². The first kappa shape index (κ1) is 53.2. The number of rotatable bonds is 24. The molecule has 7 aromatic rings. The van der Waals surface area contributed by atoms with Gasteiger partial charge in [0.25, 0.3) is 20.2 Å². The van der Waals surface area contributed by atoms with E-state index in [1.165, 1.54) is 45.2 Å². The number of thioether (sulfide) groups is 1. The summed E-state index contributed by atoms with van der Waals surface area (Å²) >= 11 is 3.04. The largest absolute Gasteiger partial charge is 0.495 e. The van der Waals surface area contributed by atoms with Crippen molar-refractivity contribution in [3.05, 3.63) is 48.5 Å². The Hall–Kier alpha value is -6.60. The monoisotopic (exact) mass is 1090 g/mol. The number of ether oxygens (including phenoxy) is 4. The molecule has 0 aliphatic rings. The van der Waals surface area contributed by atoms with E-state index in [1.807, 2.05) is 39.8 Å². The summed E-state index contributed by atoms with van der Waals surface area (Å²) in [4.78, 5) is 26.5. The van der Waals surface area contributed by atoms with Crippen LogP contribution in [-0.2, 0) is 20.2 Å². The second-order valence-corrected chi connectivity index (χ2v) is 20.6. The summed E-state index contributed by atoms with van der Waals surface area (Å²) in [5, 5.41) is 25.9. The summed E-state index contributed by atoms with van der Waals surface area (Å²) in [7, 11) is -3.73. The lowest BCUT2D eigenvalue weighted by molar-refractivity contribution is 0.322. The van der Waals surface area contributed by atoms with Crippen molar-refractivity contribution in [1.82, 2.24) is 24.9 Å². The Morgan fingerprint density at radius 1 is 0.611 bits per heavy atom. The molecule has 0 saturated heterocycles. The molecule has 72 heavy (non-hydrogen) atoms. The van der Waals surface area contributed by atoms with Crippen molar-refractivity contribution in [2.24, 2.45) is 10.2 Å². The number of benzene rings is 4. The van der Waals surface area contributed by atoms with Gasteiger partial charge in [0.1, 0.15) is 28.7 Å². The van der Waals surface area contributed by atoms with Gasteiger partial charge >= 0.3 is 0 Å². The second kappa shape index (κ2) is 22.9. The lowest BCUT2D eigenvalue weighted by Crippen LogP contribution is -2.23. The predicted octanol–water partition coefficient (Wildman–Crippen LogP) is 8.74. The van der Waals surface area contributed by atoms with Crippen LogP contribution < -0.4 is 50.2 Å². The van der Waals surface area contributed by atoms with Gasteiger partial charge in [-0.1, -0.05) is 34.4 Å². The molecule has 24 nitrogen and oxygen atoms in total. The number of anilines is 8. The van der Waals surface area contributed by atoms with Crippen LogP contribution in [0.25, 0.3) is 20.4 Å². The average molecular weight is 1090 g/mol. The Balaban J connectivity index is 1.31. The van der Waals surface area contributed by atoms with Crippen LogP contribution >= 0.6 is 34.4 Å². The topological polar surface area (TPSA) is 310 Å². The van der Waals surface area contributed by atoms with Crippen LogP contribution in [0.5, 0.6) is 23.0 Å². The van der Waals surface area contributed by atoms with Gasteiger partial charge in [0, 0.05) is 44.1 Å². The summed E-state index contributed by atoms with van der Waals surface area (Å²) in [6.07, 6.45) is 0. The molecule has 7 rings (SSSR count). The Labute approximate surface area is 426 Å². The molecule has 0 radical (unpaired) electrons. The van der Waals surface area contributed by atoms with Gasteiger partial charge in [-0.05, 0) is 64.1 Å². The van der Waals surface area contributed by atoms with Gasteiger partial charge < -0.3 is 44.5 Å². The van der Waals surface area contributed by atoms with Gasteiger partial charge in [-0.3, -0.25) is 20.0 Å². The minimum atomic E-state index is -4.71. The molecule has 0 aliphatic heterocycles. The highest BCUT2D eigenvalue weighted by atomic mass is 32.2. The predicted molar refractivity (Wildman–Crippen MR) is 281 cm³/mol. The highest BCUT2D eigenvalue weighted by Crippen LogP contribution is 2.44. The molecule has 3 heterocycles. The van der Waals surface area contributed by atoms with Crippen LogP contribution in [0, 0.1) is 0 Å². The number of aliphatic hydroxyl groups is 1. The Kier molecular flexibility index (Phi) is 16.9. The molecule has 0 saturated carbocycles. The minimum absolute atomic E-state index is 0.0404. The van der Waals surface area contributed by atoms with Crippen LogP contribution in [-0.4, -0.2) is 123 Å². The first-order chi connectivity index (χ1) is 34.5. The van der Waals surface area contributed by atoms with E-state index in [0.29, 0.717) is 65.9 Å². The van der Waals surface area contributed by atoms with E-state index in [4.69, 9.17) is 28.9 Å². The second-order valence-electron chi connectivity index (χ2n) is 14.8. The number of fused-ring (bicyclic) bond motifs is 2. The molecule has 0 amide bonds. The van der Waals surface area contributed by atoms with Gasteiger partial charge in [0.2, 0.25) is 22.2 Å². The average Bonchev–Trinajstić information content (AvgIpc) is 3.98. The maximum atomic E-state index is 12.4. The molecule has 29 heteroatoms. The standard InChI is InChI=1S/C43H51N13O11S5/c1-9-55(10-2)29-19-25(27(21-33(29)66-7)51-53-42-46-23-13-15-31(64-5)37(35(23)69-42)71(58,59)60)44-39-48-40(50-41(49-39)68-18-17-57)45-26-20-30(56(11-3)12-4)34(67-8)22-28(26)52-54-43-47-24-14-16-32(65-6)38(36(24)70-43)72(61,62)63/h13-16,19-22,51,57H,9-12,17-18H2,1-8H3,(H,46,53)(H,58,59,60)(H,61,62,63)(H2,44,45,48,49,50)/b54-52+. The third-order valence-electron chi connectivity index (χ3n) is 10.7. The van der Waals surface area contributed by atoms with Crippen molar-refractivity contribution in [1.29, 1.82) is 0 Å². The molecule has 7 N–H and O–H groups in total. The molecule has 4 aromatic carbocycles. The highest BCUT2D eigenvalue weighted by Gasteiger charge is 2.26. The van der Waals surface area contributed by atoms with Crippen LogP contribution in [0.1, 0.15) is 27.7 Å². The molecule has 0 spiro atoms. The van der Waals surface area contributed by atoms with E-state index in [0.717, 1.165) is 28.4 Å². The number of nitrogens with zero attached hydrogens (tertiary/aromatic N) is 9. The number of aromatic nitrogens is 5. The SMILES string of the molecule is CCN(CC)c1cc(Nc2nc(Nc3cc(N(CC)CC)c(OC)cc3NNc3nc4ccc(OC)c(S(=O)(=O)O)c4s3)nc(SCCO)n2)c(/N=N/c2nc3ccc(OC)c(S(=O)(=O)O)c3s2)cc1OC. The molecule has 0 unspecified atom stereocenters. The zero-order valence-electron chi connectivity index (χ0n) is 40.0. The normalized spacial score (nSPS) is 11.8. The number of hydrogen-bond donors (Lipinski definition) is 7. The number of aliphatic hydroxyl groups excluding tert-OH is 1. The minimum Gasteiger partial charge on any atom is -0.495 e. The fourth-order valence-corrected chi connectivity index (χ4v) is 12.0. The van der Waals surface area contributed by atoms with E-state index in [9.17, 15) is 31.0 Å². The zero-order chi connectivity index (χ0) is 51.9. The molecule has 3 aromatic heterocycles. The van der Waals surface area contributed by atoms with E-state index in [2.05, 4.69) is 56.5 Å². The summed E-state index contributed by atoms with van der Waals surface area (Å²) in [5.74, 6) is 1.28. The van der Waals surface area contributed by atoms with Crippen LogP contribution in [0.15, 0.2) is 73.7 Å². The van der Waals surface area contributed by atoms with Gasteiger partial charge in [-0.15, -0.1) is 10.2 Å². The van der Waals surface area contributed by atoms with E-state index < -0.39 is 30.0 Å². The third-order valence-corrected chi connectivity index (χ3v) is 15.6.